The molecule has 6 heteroatoms. The zero-order chi connectivity index (χ0) is 13.0. The van der Waals surface area contributed by atoms with Gasteiger partial charge in [0.05, 0.1) is 31.3 Å². The van der Waals surface area contributed by atoms with Crippen molar-refractivity contribution in [2.45, 2.75) is 19.4 Å². The van der Waals surface area contributed by atoms with Crippen LogP contribution in [0.5, 0.6) is 0 Å². The number of carbonyl (C=O) groups excluding carboxylic acids is 2. The topological polar surface area (TPSA) is 89.9 Å². The molecule has 1 aliphatic heterocycles. The molecule has 0 aliphatic carbocycles. The first-order valence-corrected chi connectivity index (χ1v) is 5.12. The van der Waals surface area contributed by atoms with Gasteiger partial charge in [0.1, 0.15) is 12.4 Å². The molecule has 0 aromatic rings. The molecule has 3 atom stereocenters. The second kappa shape index (κ2) is 5.47. The van der Waals surface area contributed by atoms with Crippen molar-refractivity contribution in [3.8, 4) is 0 Å². The van der Waals surface area contributed by atoms with Crippen molar-refractivity contribution in [1.29, 1.82) is 0 Å². The Labute approximate surface area is 98.2 Å². The van der Waals surface area contributed by atoms with Gasteiger partial charge in [-0.25, -0.2) is 4.79 Å². The van der Waals surface area contributed by atoms with Crippen LogP contribution in [-0.4, -0.2) is 36.5 Å². The molecule has 0 fully saturated rings. The van der Waals surface area contributed by atoms with Crippen LogP contribution in [0, 0.1) is 11.8 Å². The van der Waals surface area contributed by atoms with Gasteiger partial charge in [0.2, 0.25) is 0 Å². The highest BCUT2D eigenvalue weighted by Gasteiger charge is 2.38. The van der Waals surface area contributed by atoms with Crippen LogP contribution in [0.2, 0.25) is 0 Å². The minimum Gasteiger partial charge on any atom is -0.497 e. The summed E-state index contributed by atoms with van der Waals surface area (Å²) in [6, 6.07) is 0. The average Bonchev–Trinajstić information content (AvgIpc) is 2.28. The lowest BCUT2D eigenvalue weighted by molar-refractivity contribution is -0.141. The molecule has 0 aromatic heterocycles. The molecule has 1 unspecified atom stereocenters. The van der Waals surface area contributed by atoms with E-state index in [0.29, 0.717) is 6.29 Å². The minimum absolute atomic E-state index is 0.0881. The first-order valence-electron chi connectivity index (χ1n) is 5.12. The molecule has 0 saturated heterocycles. The zero-order valence-electron chi connectivity index (χ0n) is 9.58. The van der Waals surface area contributed by atoms with E-state index in [1.807, 2.05) is 0 Å². The summed E-state index contributed by atoms with van der Waals surface area (Å²) in [6.45, 7) is 1.65. The van der Waals surface area contributed by atoms with Gasteiger partial charge >= 0.3 is 11.9 Å². The third kappa shape index (κ3) is 2.83. The van der Waals surface area contributed by atoms with E-state index in [1.165, 1.54) is 13.4 Å². The number of esters is 1. The van der Waals surface area contributed by atoms with Crippen molar-refractivity contribution in [3.63, 3.8) is 0 Å². The van der Waals surface area contributed by atoms with Crippen LogP contribution < -0.4 is 0 Å². The number of aldehydes is 1. The predicted molar refractivity (Wildman–Crippen MR) is 55.9 cm³/mol. The Hall–Kier alpha value is -1.85. The first kappa shape index (κ1) is 13.2. The van der Waals surface area contributed by atoms with Gasteiger partial charge in [0.15, 0.2) is 0 Å². The largest absolute Gasteiger partial charge is 0.497 e. The monoisotopic (exact) mass is 242 g/mol. The van der Waals surface area contributed by atoms with E-state index in [9.17, 15) is 14.4 Å². The number of hydrogen-bond acceptors (Lipinski definition) is 5. The van der Waals surface area contributed by atoms with Crippen molar-refractivity contribution >= 4 is 18.2 Å². The molecule has 0 aromatic carbocycles. The maximum absolute atomic E-state index is 11.4. The van der Waals surface area contributed by atoms with Gasteiger partial charge in [-0.15, -0.1) is 0 Å². The predicted octanol–water partition coefficient (Wildman–Crippen LogP) is 0.368. The summed E-state index contributed by atoms with van der Waals surface area (Å²) in [5, 5.41) is 8.80. The fourth-order valence-electron chi connectivity index (χ4n) is 1.85. The van der Waals surface area contributed by atoms with Crippen LogP contribution in [0.3, 0.4) is 0 Å². The Morgan fingerprint density at radius 1 is 1.59 bits per heavy atom. The number of hydrogen-bond donors (Lipinski definition) is 1. The highest BCUT2D eigenvalue weighted by atomic mass is 16.5. The number of methoxy groups -OCH3 is 1. The highest BCUT2D eigenvalue weighted by molar-refractivity contribution is 5.90. The first-order chi connectivity index (χ1) is 8.01. The molecule has 0 amide bonds. The lowest BCUT2D eigenvalue weighted by Gasteiger charge is -2.31. The van der Waals surface area contributed by atoms with Crippen molar-refractivity contribution in [2.24, 2.45) is 11.8 Å². The summed E-state index contributed by atoms with van der Waals surface area (Å²) in [5.74, 6) is -3.12. The van der Waals surface area contributed by atoms with E-state index in [2.05, 4.69) is 4.74 Å². The summed E-state index contributed by atoms with van der Waals surface area (Å²) in [4.78, 5) is 33.2. The zero-order valence-corrected chi connectivity index (χ0v) is 9.58. The number of carbonyl (C=O) groups is 3. The standard InChI is InChI=1S/C11H14O6/c1-6-8(4-12)7(3-10(13)14)9(5-17-6)11(15)16-2/h4-8H,3H2,1-2H3,(H,13,14)/t6-,7?,8-/m1/s1. The van der Waals surface area contributed by atoms with Crippen molar-refractivity contribution < 1.29 is 29.0 Å². The molecule has 0 radical (unpaired) electrons. The molecule has 0 spiro atoms. The Morgan fingerprint density at radius 3 is 2.71 bits per heavy atom. The van der Waals surface area contributed by atoms with Crippen LogP contribution in [-0.2, 0) is 23.9 Å². The Balaban J connectivity index is 3.04. The van der Waals surface area contributed by atoms with Crippen LogP contribution >= 0.6 is 0 Å². The van der Waals surface area contributed by atoms with Gasteiger partial charge in [0, 0.05) is 5.92 Å². The molecule has 6 nitrogen and oxygen atoms in total. The maximum atomic E-state index is 11.4. The van der Waals surface area contributed by atoms with E-state index >= 15 is 0 Å². The molecular formula is C11H14O6. The van der Waals surface area contributed by atoms with E-state index in [1.54, 1.807) is 6.92 Å². The van der Waals surface area contributed by atoms with Crippen molar-refractivity contribution in [3.05, 3.63) is 11.8 Å². The molecule has 94 valence electrons. The minimum atomic E-state index is -1.08. The smallest absolute Gasteiger partial charge is 0.337 e. The summed E-state index contributed by atoms with van der Waals surface area (Å²) in [6.07, 6.45) is 1.04. The normalized spacial score (nSPS) is 27.6. The second-order valence-electron chi connectivity index (χ2n) is 3.82. The molecule has 1 N–H and O–H groups in total. The van der Waals surface area contributed by atoms with Crippen LogP contribution in [0.25, 0.3) is 0 Å². The van der Waals surface area contributed by atoms with Gasteiger partial charge in [0.25, 0.3) is 0 Å². The third-order valence-corrected chi connectivity index (χ3v) is 2.79. The van der Waals surface area contributed by atoms with Crippen molar-refractivity contribution in [2.75, 3.05) is 7.11 Å². The molecule has 0 bridgehead atoms. The highest BCUT2D eigenvalue weighted by Crippen LogP contribution is 2.32. The fourth-order valence-corrected chi connectivity index (χ4v) is 1.85. The molecule has 1 heterocycles. The van der Waals surface area contributed by atoms with Gasteiger partial charge < -0.3 is 19.4 Å². The SMILES string of the molecule is COC(=O)C1=CO[C@H](C)[C@@H](C=O)C1CC(=O)O. The number of carboxylic acids is 1. The van der Waals surface area contributed by atoms with E-state index in [-0.39, 0.29) is 12.0 Å². The second-order valence-corrected chi connectivity index (χ2v) is 3.82. The summed E-state index contributed by atoms with van der Waals surface area (Å²) in [7, 11) is 1.19. The van der Waals surface area contributed by atoms with Crippen molar-refractivity contribution in [1.82, 2.24) is 0 Å². The van der Waals surface area contributed by atoms with Gasteiger partial charge in [-0.1, -0.05) is 0 Å². The molecule has 1 aliphatic rings. The van der Waals surface area contributed by atoms with Crippen LogP contribution in [0.4, 0.5) is 0 Å². The number of carboxylic acid groups (broad SMARTS) is 1. The Bertz CT molecular complexity index is 359. The van der Waals surface area contributed by atoms with E-state index in [4.69, 9.17) is 9.84 Å². The summed E-state index contributed by atoms with van der Waals surface area (Å²) in [5.41, 5.74) is 0.0881. The van der Waals surface area contributed by atoms with Gasteiger partial charge in [-0.3, -0.25) is 4.79 Å². The lowest BCUT2D eigenvalue weighted by atomic mass is 9.80. The quantitative estimate of drug-likeness (QED) is 0.565. The number of ether oxygens (including phenoxy) is 2. The maximum Gasteiger partial charge on any atom is 0.337 e. The van der Waals surface area contributed by atoms with Crippen LogP contribution in [0.15, 0.2) is 11.8 Å². The average molecular weight is 242 g/mol. The molecule has 17 heavy (non-hydrogen) atoms. The molecule has 0 saturated carbocycles. The van der Waals surface area contributed by atoms with Crippen LogP contribution in [0.1, 0.15) is 13.3 Å². The van der Waals surface area contributed by atoms with Gasteiger partial charge in [-0.05, 0) is 6.92 Å². The lowest BCUT2D eigenvalue weighted by Crippen LogP contribution is -2.37. The molecule has 1 rings (SSSR count). The number of aliphatic carboxylic acids is 1. The summed E-state index contributed by atoms with van der Waals surface area (Å²) >= 11 is 0. The Morgan fingerprint density at radius 2 is 2.24 bits per heavy atom. The molecular weight excluding hydrogens is 228 g/mol. The Kier molecular flexibility index (Phi) is 4.25. The van der Waals surface area contributed by atoms with E-state index < -0.39 is 29.9 Å². The van der Waals surface area contributed by atoms with Gasteiger partial charge in [-0.2, -0.15) is 0 Å². The van der Waals surface area contributed by atoms with E-state index in [0.717, 1.165) is 0 Å². The number of rotatable bonds is 4. The fraction of sp³-hybridized carbons (Fsp3) is 0.545. The third-order valence-electron chi connectivity index (χ3n) is 2.79. The summed E-state index contributed by atoms with van der Waals surface area (Å²) < 4.78 is 9.68.